The molecule has 0 aromatic carbocycles. The Balaban J connectivity index is 2.96. The third kappa shape index (κ3) is 0.712. The molecule has 0 aliphatic heterocycles. The molecule has 1 heteroatoms. The molecule has 1 N–H and O–H groups in total. The van der Waals surface area contributed by atoms with E-state index in [2.05, 4.69) is 17.8 Å². The van der Waals surface area contributed by atoms with E-state index in [1.807, 2.05) is 12.3 Å². The van der Waals surface area contributed by atoms with E-state index in [-0.39, 0.29) is 0 Å². The van der Waals surface area contributed by atoms with Crippen LogP contribution >= 0.6 is 0 Å². The summed E-state index contributed by atoms with van der Waals surface area (Å²) in [5, 5.41) is 0. The summed E-state index contributed by atoms with van der Waals surface area (Å²) in [5.74, 6) is 0. The van der Waals surface area contributed by atoms with Crippen LogP contribution < -0.4 is 0 Å². The number of nitrogens with one attached hydrogen (secondary N) is 1. The third-order valence-corrected chi connectivity index (χ3v) is 0.797. The zero-order chi connectivity index (χ0) is 5.11. The van der Waals surface area contributed by atoms with Crippen LogP contribution in [0.25, 0.3) is 6.08 Å². The second kappa shape index (κ2) is 1.65. The summed E-state index contributed by atoms with van der Waals surface area (Å²) in [6, 6.07) is 1.84. The predicted octanol–water partition coefficient (Wildman–Crippen LogP) is 1.46. The van der Waals surface area contributed by atoms with E-state index in [0.717, 1.165) is 5.56 Å². The molecule has 1 nitrogen and oxygen atoms in total. The van der Waals surface area contributed by atoms with Gasteiger partial charge in [0.1, 0.15) is 0 Å². The first kappa shape index (κ1) is 4.19. The van der Waals surface area contributed by atoms with Crippen molar-refractivity contribution in [2.24, 2.45) is 0 Å². The van der Waals surface area contributed by atoms with Gasteiger partial charge in [-0.15, -0.1) is 0 Å². The molecule has 1 heterocycles. The number of hydrogen-bond acceptors (Lipinski definition) is 0. The first-order valence-corrected chi connectivity index (χ1v) is 2.10. The Morgan fingerprint density at radius 1 is 1.86 bits per heavy atom. The van der Waals surface area contributed by atoms with Gasteiger partial charge in [-0.2, -0.15) is 0 Å². The third-order valence-electron chi connectivity index (χ3n) is 0.797. The van der Waals surface area contributed by atoms with Gasteiger partial charge >= 0.3 is 0 Å². The smallest absolute Gasteiger partial charge is 0.0625 e. The molecular weight excluding hydrogens is 86.1 g/mol. The van der Waals surface area contributed by atoms with Crippen LogP contribution in [0.1, 0.15) is 5.56 Å². The molecule has 1 aromatic rings. The summed E-state index contributed by atoms with van der Waals surface area (Å²) in [6.07, 6.45) is 6.40. The van der Waals surface area contributed by atoms with Crippen LogP contribution in [0.3, 0.4) is 0 Å². The van der Waals surface area contributed by atoms with Gasteiger partial charge in [-0.05, 0) is 11.6 Å². The van der Waals surface area contributed by atoms with Crippen molar-refractivity contribution in [1.29, 1.82) is 0 Å². The monoisotopic (exact) mass is 92.1 g/mol. The number of H-pyrrole nitrogens is 1. The van der Waals surface area contributed by atoms with Gasteiger partial charge < -0.3 is 4.98 Å². The van der Waals surface area contributed by atoms with Gasteiger partial charge in [0.2, 0.25) is 0 Å². The van der Waals surface area contributed by atoms with Gasteiger partial charge in [-0.3, -0.25) is 0 Å². The van der Waals surface area contributed by atoms with Crippen molar-refractivity contribution in [1.82, 2.24) is 4.98 Å². The van der Waals surface area contributed by atoms with Crippen molar-refractivity contribution in [3.8, 4) is 0 Å². The van der Waals surface area contributed by atoms with Crippen molar-refractivity contribution in [2.75, 3.05) is 0 Å². The van der Waals surface area contributed by atoms with Crippen molar-refractivity contribution in [3.05, 3.63) is 30.6 Å². The van der Waals surface area contributed by atoms with Crippen LogP contribution in [-0.2, 0) is 0 Å². The molecule has 0 aliphatic carbocycles. The highest BCUT2D eigenvalue weighted by molar-refractivity contribution is 5.44. The highest BCUT2D eigenvalue weighted by Crippen LogP contribution is 1.94. The minimum atomic E-state index is 1.08. The summed E-state index contributed by atoms with van der Waals surface area (Å²) < 4.78 is 0. The lowest BCUT2D eigenvalue weighted by Crippen LogP contribution is -1.52. The fraction of sp³-hybridized carbons (Fsp3) is 0. The van der Waals surface area contributed by atoms with Crippen LogP contribution in [0.5, 0.6) is 0 Å². The van der Waals surface area contributed by atoms with Gasteiger partial charge in [-0.1, -0.05) is 12.7 Å². The van der Waals surface area contributed by atoms with Crippen molar-refractivity contribution >= 4 is 6.08 Å². The molecule has 0 saturated carbocycles. The van der Waals surface area contributed by atoms with Gasteiger partial charge in [0.05, 0.1) is 6.20 Å². The summed E-state index contributed by atoms with van der Waals surface area (Å²) in [6.45, 7) is 3.56. The van der Waals surface area contributed by atoms with Crippen molar-refractivity contribution in [3.63, 3.8) is 0 Å². The maximum absolute atomic E-state index is 3.56. The molecule has 0 spiro atoms. The average Bonchev–Trinajstić information content (AvgIpc) is 2.14. The Morgan fingerprint density at radius 3 is 3.00 bits per heavy atom. The molecule has 0 amide bonds. The van der Waals surface area contributed by atoms with Crippen molar-refractivity contribution in [2.45, 2.75) is 0 Å². The van der Waals surface area contributed by atoms with E-state index in [4.69, 9.17) is 0 Å². The molecule has 0 fully saturated rings. The van der Waals surface area contributed by atoms with E-state index in [9.17, 15) is 0 Å². The Kier molecular flexibility index (Phi) is 0.984. The summed E-state index contributed by atoms with van der Waals surface area (Å²) in [4.78, 5) is 2.78. The van der Waals surface area contributed by atoms with Gasteiger partial charge in [0.15, 0.2) is 0 Å². The quantitative estimate of drug-likeness (QED) is 0.539. The maximum Gasteiger partial charge on any atom is 0.0625 e. The van der Waals surface area contributed by atoms with E-state index in [1.54, 1.807) is 6.08 Å². The van der Waals surface area contributed by atoms with Crippen LogP contribution in [-0.4, -0.2) is 4.98 Å². The lowest BCUT2D eigenvalue weighted by Gasteiger charge is -1.71. The standard InChI is InChI=1S/C6H6N/c1-2-6-3-4-7-5-6/h2-3,5,7H,1H2. The minimum absolute atomic E-state index is 1.08. The summed E-state index contributed by atoms with van der Waals surface area (Å²) in [5.41, 5.74) is 1.08. The Labute approximate surface area is 42.7 Å². The first-order chi connectivity index (χ1) is 3.43. The van der Waals surface area contributed by atoms with Crippen LogP contribution in [0, 0.1) is 6.20 Å². The zero-order valence-corrected chi connectivity index (χ0v) is 3.94. The minimum Gasteiger partial charge on any atom is -0.359 e. The lowest BCUT2D eigenvalue weighted by molar-refractivity contribution is 1.39. The lowest BCUT2D eigenvalue weighted by atomic mass is 10.3. The molecule has 0 bridgehead atoms. The average molecular weight is 92.1 g/mol. The fourth-order valence-corrected chi connectivity index (χ4v) is 0.410. The molecule has 7 heavy (non-hydrogen) atoms. The zero-order valence-electron chi connectivity index (χ0n) is 3.94. The summed E-state index contributed by atoms with van der Waals surface area (Å²) >= 11 is 0. The van der Waals surface area contributed by atoms with Crippen LogP contribution in [0.2, 0.25) is 0 Å². The van der Waals surface area contributed by atoms with E-state index in [1.165, 1.54) is 0 Å². The highest BCUT2D eigenvalue weighted by atomic mass is 14.6. The molecule has 1 rings (SSSR count). The molecule has 0 atom stereocenters. The van der Waals surface area contributed by atoms with Gasteiger partial charge in [0, 0.05) is 6.20 Å². The number of aromatic amines is 1. The molecular formula is C6H6N. The normalized spacial score (nSPS) is 8.57. The maximum atomic E-state index is 3.56. The molecule has 0 saturated heterocycles. The summed E-state index contributed by atoms with van der Waals surface area (Å²) in [7, 11) is 0. The largest absolute Gasteiger partial charge is 0.359 e. The van der Waals surface area contributed by atoms with E-state index in [0.29, 0.717) is 0 Å². The molecule has 0 aliphatic rings. The highest BCUT2D eigenvalue weighted by Gasteiger charge is 1.78. The number of rotatable bonds is 1. The SMILES string of the molecule is C=Cc1c[c][nH]c1. The predicted molar refractivity (Wildman–Crippen MR) is 29.7 cm³/mol. The van der Waals surface area contributed by atoms with Gasteiger partial charge in [0.25, 0.3) is 0 Å². The molecule has 0 unspecified atom stereocenters. The van der Waals surface area contributed by atoms with Crippen LogP contribution in [0.15, 0.2) is 18.8 Å². The molecule has 1 radical (unpaired) electrons. The van der Waals surface area contributed by atoms with Crippen molar-refractivity contribution < 1.29 is 0 Å². The Hall–Kier alpha value is -0.980. The second-order valence-electron chi connectivity index (χ2n) is 1.28. The molecule has 1 aromatic heterocycles. The first-order valence-electron chi connectivity index (χ1n) is 2.10. The number of hydrogen-bond donors (Lipinski definition) is 1. The Morgan fingerprint density at radius 2 is 2.71 bits per heavy atom. The van der Waals surface area contributed by atoms with E-state index < -0.39 is 0 Å². The van der Waals surface area contributed by atoms with Crippen LogP contribution in [0.4, 0.5) is 0 Å². The molecule has 35 valence electrons. The van der Waals surface area contributed by atoms with Gasteiger partial charge in [-0.25, -0.2) is 0 Å². The fourth-order valence-electron chi connectivity index (χ4n) is 0.410. The number of aromatic nitrogens is 1. The second-order valence-corrected chi connectivity index (χ2v) is 1.28. The Bertz CT molecular complexity index is 139. The topological polar surface area (TPSA) is 15.8 Å². The van der Waals surface area contributed by atoms with E-state index >= 15 is 0 Å².